The number of carbonyl (C=O) groups is 1. The summed E-state index contributed by atoms with van der Waals surface area (Å²) in [5.41, 5.74) is 3.60. The van der Waals surface area contributed by atoms with Gasteiger partial charge in [-0.2, -0.15) is 0 Å². The molecule has 0 amide bonds. The van der Waals surface area contributed by atoms with Crippen LogP contribution in [0.3, 0.4) is 0 Å². The molecule has 0 unspecified atom stereocenters. The van der Waals surface area contributed by atoms with Crippen molar-refractivity contribution in [2.75, 3.05) is 25.5 Å². The van der Waals surface area contributed by atoms with E-state index >= 15 is 0 Å². The van der Waals surface area contributed by atoms with Crippen molar-refractivity contribution in [2.45, 2.75) is 39.2 Å². The molecule has 0 bridgehead atoms. The first-order chi connectivity index (χ1) is 20.9. The van der Waals surface area contributed by atoms with E-state index in [0.717, 1.165) is 30.6 Å². The van der Waals surface area contributed by atoms with Gasteiger partial charge in [-0.05, 0) is 82.3 Å². The summed E-state index contributed by atoms with van der Waals surface area (Å²) in [5.74, 6) is 1.10. The molecule has 11 heteroatoms. The lowest BCUT2D eigenvalue weighted by Crippen LogP contribution is -2.23. The van der Waals surface area contributed by atoms with Crippen LogP contribution in [-0.4, -0.2) is 61.5 Å². The molecule has 3 aromatic heterocycles. The smallest absolute Gasteiger partial charge is 0.195 e. The molecule has 1 N–H and O–H groups in total. The summed E-state index contributed by atoms with van der Waals surface area (Å²) in [5, 5.41) is 12.0. The van der Waals surface area contributed by atoms with Crippen LogP contribution < -0.4 is 14.8 Å². The van der Waals surface area contributed by atoms with Crippen molar-refractivity contribution in [3.63, 3.8) is 0 Å². The van der Waals surface area contributed by atoms with Gasteiger partial charge in [0.25, 0.3) is 0 Å². The average Bonchev–Trinajstić information content (AvgIpc) is 3.63. The van der Waals surface area contributed by atoms with Gasteiger partial charge in [-0.3, -0.25) is 14.1 Å². The molecule has 6 rings (SSSR count). The van der Waals surface area contributed by atoms with E-state index in [-0.39, 0.29) is 12.5 Å². The third-order valence-electron chi connectivity index (χ3n) is 7.59. The molecule has 0 aliphatic carbocycles. The molecule has 1 aliphatic rings. The summed E-state index contributed by atoms with van der Waals surface area (Å²) in [6, 6.07) is 12.9. The first kappa shape index (κ1) is 28.2. The number of ether oxygens (including phenoxy) is 2. The van der Waals surface area contributed by atoms with Crippen LogP contribution in [0.5, 0.6) is 17.2 Å². The number of hydrogen-bond acceptors (Lipinski definition) is 9. The van der Waals surface area contributed by atoms with Crippen LogP contribution in [0.4, 0.5) is 15.9 Å². The third kappa shape index (κ3) is 6.17. The lowest BCUT2D eigenvalue weighted by Gasteiger charge is -2.16. The zero-order valence-electron chi connectivity index (χ0n) is 24.2. The predicted octanol–water partition coefficient (Wildman–Crippen LogP) is 5.97. The van der Waals surface area contributed by atoms with Gasteiger partial charge in [0.1, 0.15) is 35.7 Å². The number of nitrogens with zero attached hydrogens (tertiary/aromatic N) is 6. The minimum absolute atomic E-state index is 0.0612. The fourth-order valence-electron chi connectivity index (χ4n) is 5.29. The first-order valence-electron chi connectivity index (χ1n) is 14.2. The number of fused-ring (bicyclic) bond motifs is 2. The number of anilines is 2. The molecule has 0 radical (unpaired) electrons. The van der Waals surface area contributed by atoms with E-state index in [1.807, 2.05) is 57.4 Å². The fraction of sp³-hybridized carbons (Fsp3) is 0.281. The summed E-state index contributed by atoms with van der Waals surface area (Å²) in [6.07, 6.45) is 8.08. The molecule has 10 nitrogen and oxygen atoms in total. The van der Waals surface area contributed by atoms with Gasteiger partial charge < -0.3 is 14.8 Å². The molecule has 1 fully saturated rings. The summed E-state index contributed by atoms with van der Waals surface area (Å²) < 4.78 is 28.7. The van der Waals surface area contributed by atoms with E-state index in [1.54, 1.807) is 22.9 Å². The van der Waals surface area contributed by atoms with Crippen LogP contribution >= 0.6 is 0 Å². The van der Waals surface area contributed by atoms with Crippen molar-refractivity contribution in [3.05, 3.63) is 84.3 Å². The highest BCUT2D eigenvalue weighted by molar-refractivity contribution is 5.97. The highest BCUT2D eigenvalue weighted by Crippen LogP contribution is 2.33. The Hall–Kier alpha value is -4.90. The van der Waals surface area contributed by atoms with Crippen LogP contribution in [0.25, 0.3) is 16.6 Å². The van der Waals surface area contributed by atoms with Gasteiger partial charge in [-0.25, -0.2) is 14.4 Å². The molecular weight excluding hydrogens is 549 g/mol. The minimum Gasteiger partial charge on any atom is -0.494 e. The molecule has 1 aliphatic heterocycles. The highest BCUT2D eigenvalue weighted by Gasteiger charge is 2.22. The van der Waals surface area contributed by atoms with Gasteiger partial charge >= 0.3 is 0 Å². The number of aryl methyl sites for hydroxylation is 1. The van der Waals surface area contributed by atoms with E-state index < -0.39 is 11.6 Å². The number of allylic oxidation sites excluding steroid dienone is 1. The zero-order chi connectivity index (χ0) is 29.9. The van der Waals surface area contributed by atoms with Crippen molar-refractivity contribution in [3.8, 4) is 17.2 Å². The van der Waals surface area contributed by atoms with E-state index in [0.29, 0.717) is 51.8 Å². The second kappa shape index (κ2) is 12.1. The molecule has 0 spiro atoms. The Kier molecular flexibility index (Phi) is 7.97. The Morgan fingerprint density at radius 2 is 2.05 bits per heavy atom. The van der Waals surface area contributed by atoms with Crippen molar-refractivity contribution in [1.29, 1.82) is 0 Å². The summed E-state index contributed by atoms with van der Waals surface area (Å²) in [4.78, 5) is 23.9. The number of Topliss-reactive ketones (excluding diaryl/α,β-unsaturated/α-hetero) is 1. The Morgan fingerprint density at radius 1 is 1.16 bits per heavy atom. The van der Waals surface area contributed by atoms with Crippen LogP contribution in [0.1, 0.15) is 30.9 Å². The second-order valence-electron chi connectivity index (χ2n) is 10.6. The monoisotopic (exact) mass is 581 g/mol. The van der Waals surface area contributed by atoms with E-state index in [1.165, 1.54) is 12.4 Å². The molecule has 2 aromatic carbocycles. The van der Waals surface area contributed by atoms with Crippen molar-refractivity contribution in [1.82, 2.24) is 29.5 Å². The minimum atomic E-state index is -0.719. The van der Waals surface area contributed by atoms with Gasteiger partial charge in [-0.1, -0.05) is 0 Å². The maximum Gasteiger partial charge on any atom is 0.195 e. The number of nitrogens with one attached hydrogen (secondary N) is 1. The van der Waals surface area contributed by atoms with Gasteiger partial charge in [0, 0.05) is 47.4 Å². The van der Waals surface area contributed by atoms with Crippen molar-refractivity contribution < 1.29 is 18.7 Å². The van der Waals surface area contributed by atoms with Crippen LogP contribution in [0, 0.1) is 6.92 Å². The maximum absolute atomic E-state index is 15.0. The lowest BCUT2D eigenvalue weighted by atomic mass is 10.0. The quantitative estimate of drug-likeness (QED) is 0.200. The van der Waals surface area contributed by atoms with Crippen LogP contribution in [0.15, 0.2) is 73.2 Å². The first-order valence-corrected chi connectivity index (χ1v) is 14.2. The standard InChI is InChI=1S/C32H32FN7O3/c1-4-42-30-17-27-25(13-21(30)14-28(41)26(33)15-23-6-5-10-39(23)3)32(35-18-34-27)37-22-7-8-29(20(2)12-22)43-24-9-11-40-19-36-38-31(40)16-24/h7-9,11-13,15-19,23H,4-6,10,14H2,1-3H3,(H,34,35,37)/b26-15-/t23-/m1/s1. The second-order valence-corrected chi connectivity index (χ2v) is 10.6. The number of likely N-dealkylation sites (N-methyl/N-ethyl adjacent to an activating group) is 1. The largest absolute Gasteiger partial charge is 0.494 e. The Labute approximate surface area is 248 Å². The normalized spacial score (nSPS) is 15.7. The molecule has 4 heterocycles. The molecule has 43 heavy (non-hydrogen) atoms. The number of pyridine rings is 1. The van der Waals surface area contributed by atoms with Gasteiger partial charge in [-0.15, -0.1) is 10.2 Å². The Balaban J connectivity index is 1.25. The number of aromatic nitrogens is 5. The topological polar surface area (TPSA) is 107 Å². The van der Waals surface area contributed by atoms with Gasteiger partial charge in [0.2, 0.25) is 0 Å². The number of benzene rings is 2. The van der Waals surface area contributed by atoms with E-state index in [2.05, 4.69) is 30.4 Å². The van der Waals surface area contributed by atoms with Crippen LogP contribution in [0.2, 0.25) is 0 Å². The number of carbonyl (C=O) groups excluding carboxylic acids is 1. The van der Waals surface area contributed by atoms with Crippen LogP contribution in [-0.2, 0) is 11.2 Å². The molecule has 1 saturated heterocycles. The number of rotatable bonds is 10. The molecule has 5 aromatic rings. The fourth-order valence-corrected chi connectivity index (χ4v) is 5.29. The SMILES string of the molecule is CCOc1cc2ncnc(Nc3ccc(Oc4ccn5cnnc5c4)c(C)c3)c2cc1CC(=O)/C(F)=C/[C@H]1CCCN1C. The Bertz CT molecular complexity index is 1840. The molecular formula is C32H32FN7O3. The van der Waals surface area contributed by atoms with E-state index in [9.17, 15) is 9.18 Å². The zero-order valence-corrected chi connectivity index (χ0v) is 24.2. The number of halogens is 1. The van der Waals surface area contributed by atoms with Gasteiger partial charge in [0.15, 0.2) is 17.3 Å². The molecule has 220 valence electrons. The summed E-state index contributed by atoms with van der Waals surface area (Å²) >= 11 is 0. The molecule has 1 atom stereocenters. The van der Waals surface area contributed by atoms with Gasteiger partial charge in [0.05, 0.1) is 12.1 Å². The highest BCUT2D eigenvalue weighted by atomic mass is 19.1. The Morgan fingerprint density at radius 3 is 2.84 bits per heavy atom. The lowest BCUT2D eigenvalue weighted by molar-refractivity contribution is -0.116. The number of likely N-dealkylation sites (tertiary alicyclic amines) is 1. The molecule has 0 saturated carbocycles. The average molecular weight is 582 g/mol. The summed E-state index contributed by atoms with van der Waals surface area (Å²) in [6.45, 7) is 5.11. The van der Waals surface area contributed by atoms with Crippen molar-refractivity contribution >= 4 is 33.8 Å². The predicted molar refractivity (Wildman–Crippen MR) is 162 cm³/mol. The third-order valence-corrected chi connectivity index (χ3v) is 7.59. The number of ketones is 1. The summed E-state index contributed by atoms with van der Waals surface area (Å²) in [7, 11) is 1.94. The van der Waals surface area contributed by atoms with E-state index in [4.69, 9.17) is 9.47 Å². The maximum atomic E-state index is 15.0. The number of hydrogen-bond donors (Lipinski definition) is 1. The van der Waals surface area contributed by atoms with Crippen molar-refractivity contribution in [2.24, 2.45) is 0 Å².